The van der Waals surface area contributed by atoms with Gasteiger partial charge >= 0.3 is 6.09 Å². The second kappa shape index (κ2) is 4.79. The van der Waals surface area contributed by atoms with Gasteiger partial charge in [0.05, 0.1) is 0 Å². The van der Waals surface area contributed by atoms with Crippen molar-refractivity contribution in [3.8, 4) is 5.75 Å². The molecule has 0 unspecified atom stereocenters. The number of hydrogen-bond acceptors (Lipinski definition) is 4. The molecular weight excluding hydrogens is 231 g/mol. The normalized spacial score (nSPS) is 18.6. The molecule has 0 radical (unpaired) electrons. The van der Waals surface area contributed by atoms with E-state index >= 15 is 0 Å². The molecule has 17 heavy (non-hydrogen) atoms. The summed E-state index contributed by atoms with van der Waals surface area (Å²) in [6, 6.07) is 4.16. The van der Waals surface area contributed by atoms with Crippen molar-refractivity contribution < 1.29 is 23.6 Å². The van der Waals surface area contributed by atoms with E-state index < -0.39 is 23.9 Å². The van der Waals surface area contributed by atoms with Crippen LogP contribution in [0.15, 0.2) is 24.3 Å². The molecule has 1 aliphatic heterocycles. The molecule has 6 nitrogen and oxygen atoms in total. The first-order valence-corrected chi connectivity index (χ1v) is 4.81. The van der Waals surface area contributed by atoms with E-state index in [0.29, 0.717) is 0 Å². The molecule has 0 spiro atoms. The highest BCUT2D eigenvalue weighted by molar-refractivity contribution is 5.86. The third kappa shape index (κ3) is 2.91. The zero-order chi connectivity index (χ0) is 12.3. The van der Waals surface area contributed by atoms with E-state index in [1.54, 1.807) is 0 Å². The Bertz CT molecular complexity index is 434. The van der Waals surface area contributed by atoms with E-state index in [1.165, 1.54) is 12.1 Å². The predicted molar refractivity (Wildman–Crippen MR) is 53.4 cm³/mol. The minimum atomic E-state index is -0.803. The van der Waals surface area contributed by atoms with Gasteiger partial charge in [0.1, 0.15) is 24.2 Å². The molecule has 2 rings (SSSR count). The van der Waals surface area contributed by atoms with Crippen LogP contribution >= 0.6 is 0 Å². The van der Waals surface area contributed by atoms with E-state index in [9.17, 15) is 14.0 Å². The number of halogens is 1. The van der Waals surface area contributed by atoms with Crippen molar-refractivity contribution in [1.29, 1.82) is 0 Å². The molecule has 2 amide bonds. The average Bonchev–Trinajstić information content (AvgIpc) is 2.68. The first-order chi connectivity index (χ1) is 8.15. The van der Waals surface area contributed by atoms with Crippen molar-refractivity contribution in [3.05, 3.63) is 30.1 Å². The van der Waals surface area contributed by atoms with Gasteiger partial charge < -0.3 is 10.1 Å². The Morgan fingerprint density at radius 1 is 1.47 bits per heavy atom. The monoisotopic (exact) mass is 240 g/mol. The van der Waals surface area contributed by atoms with Crippen molar-refractivity contribution >= 4 is 12.0 Å². The van der Waals surface area contributed by atoms with Crippen molar-refractivity contribution in [2.24, 2.45) is 0 Å². The first kappa shape index (κ1) is 11.3. The largest absolute Gasteiger partial charge is 0.413 e. The van der Waals surface area contributed by atoms with Gasteiger partial charge in [-0.3, -0.25) is 9.63 Å². The molecular formula is C10H9FN2O4. The van der Waals surface area contributed by atoms with E-state index in [1.807, 2.05) is 0 Å². The fourth-order valence-electron chi connectivity index (χ4n) is 1.23. The predicted octanol–water partition coefficient (Wildman–Crippen LogP) is 0.344. The summed E-state index contributed by atoms with van der Waals surface area (Å²) in [5.74, 6) is -0.689. The summed E-state index contributed by atoms with van der Waals surface area (Å²) in [7, 11) is 0. The molecule has 90 valence electrons. The minimum Gasteiger partial charge on any atom is -0.410 e. The van der Waals surface area contributed by atoms with Gasteiger partial charge in [-0.1, -0.05) is 0 Å². The van der Waals surface area contributed by atoms with Gasteiger partial charge in [-0.15, -0.1) is 0 Å². The summed E-state index contributed by atoms with van der Waals surface area (Å²) in [6.07, 6.45) is -0.803. The molecule has 0 saturated carbocycles. The fourth-order valence-corrected chi connectivity index (χ4v) is 1.23. The maximum absolute atomic E-state index is 12.6. The molecule has 1 saturated heterocycles. The lowest BCUT2D eigenvalue weighted by Crippen LogP contribution is -2.43. The van der Waals surface area contributed by atoms with Crippen LogP contribution in [0, 0.1) is 5.82 Å². The number of hydroxylamine groups is 1. The van der Waals surface area contributed by atoms with Crippen LogP contribution in [0.5, 0.6) is 5.75 Å². The number of amides is 2. The molecule has 1 heterocycles. The summed E-state index contributed by atoms with van der Waals surface area (Å²) in [6.45, 7) is 0.0390. The molecule has 0 aromatic heterocycles. The Kier molecular flexibility index (Phi) is 3.20. The van der Waals surface area contributed by atoms with Gasteiger partial charge in [-0.25, -0.2) is 14.7 Å². The summed E-state index contributed by atoms with van der Waals surface area (Å²) < 4.78 is 17.4. The van der Waals surface area contributed by atoms with Crippen LogP contribution in [0.2, 0.25) is 0 Å². The van der Waals surface area contributed by atoms with Crippen LogP contribution in [-0.4, -0.2) is 24.6 Å². The second-order valence-corrected chi connectivity index (χ2v) is 3.32. The smallest absolute Gasteiger partial charge is 0.410 e. The molecule has 1 atom stereocenters. The van der Waals surface area contributed by atoms with Crippen LogP contribution in [0.4, 0.5) is 9.18 Å². The van der Waals surface area contributed by atoms with Crippen molar-refractivity contribution in [2.45, 2.75) is 6.04 Å². The number of carbonyl (C=O) groups is 2. The standard InChI is InChI=1S/C10H9FN2O4/c11-6-1-3-7(4-2-6)17-10(15)12-8-5-16-13-9(8)14/h1-4,8H,5H2,(H,12,15)(H,13,14)/t8-/m1/s1. The first-order valence-electron chi connectivity index (χ1n) is 4.81. The minimum absolute atomic E-state index is 0.0390. The van der Waals surface area contributed by atoms with Crippen molar-refractivity contribution in [1.82, 2.24) is 10.8 Å². The number of hydrogen-bond donors (Lipinski definition) is 2. The van der Waals surface area contributed by atoms with E-state index in [0.717, 1.165) is 12.1 Å². The van der Waals surface area contributed by atoms with Crippen LogP contribution in [-0.2, 0) is 9.63 Å². The van der Waals surface area contributed by atoms with Crippen LogP contribution in [0.25, 0.3) is 0 Å². The van der Waals surface area contributed by atoms with E-state index in [4.69, 9.17) is 4.74 Å². The summed E-state index contributed by atoms with van der Waals surface area (Å²) in [5.41, 5.74) is 2.09. The van der Waals surface area contributed by atoms with Gasteiger partial charge in [0.2, 0.25) is 0 Å². The lowest BCUT2D eigenvalue weighted by atomic mass is 10.3. The van der Waals surface area contributed by atoms with Gasteiger partial charge in [0, 0.05) is 0 Å². The summed E-state index contributed by atoms with van der Waals surface area (Å²) in [4.78, 5) is 27.0. The van der Waals surface area contributed by atoms with Crippen LogP contribution in [0.1, 0.15) is 0 Å². The number of carbonyl (C=O) groups excluding carboxylic acids is 2. The van der Waals surface area contributed by atoms with E-state index in [-0.39, 0.29) is 12.4 Å². The van der Waals surface area contributed by atoms with Crippen LogP contribution in [0.3, 0.4) is 0 Å². The van der Waals surface area contributed by atoms with Gasteiger partial charge in [-0.2, -0.15) is 0 Å². The van der Waals surface area contributed by atoms with Crippen molar-refractivity contribution in [3.63, 3.8) is 0 Å². The molecule has 0 aliphatic carbocycles. The SMILES string of the molecule is O=C(N[C@@H]1CONC1=O)Oc1ccc(F)cc1. The topological polar surface area (TPSA) is 76.7 Å². The Labute approximate surface area is 95.7 Å². The maximum Gasteiger partial charge on any atom is 0.413 e. The second-order valence-electron chi connectivity index (χ2n) is 3.32. The lowest BCUT2D eigenvalue weighted by molar-refractivity contribution is -0.125. The Morgan fingerprint density at radius 2 is 2.18 bits per heavy atom. The Morgan fingerprint density at radius 3 is 2.76 bits per heavy atom. The number of benzene rings is 1. The third-order valence-corrected chi connectivity index (χ3v) is 2.06. The zero-order valence-electron chi connectivity index (χ0n) is 8.60. The molecule has 7 heteroatoms. The summed E-state index contributed by atoms with van der Waals surface area (Å²) >= 11 is 0. The highest BCUT2D eigenvalue weighted by Crippen LogP contribution is 2.11. The molecule has 2 N–H and O–H groups in total. The average molecular weight is 240 g/mol. The van der Waals surface area contributed by atoms with Crippen molar-refractivity contribution in [2.75, 3.05) is 6.61 Å². The van der Waals surface area contributed by atoms with Crippen LogP contribution < -0.4 is 15.5 Å². The molecule has 0 bridgehead atoms. The Hall–Kier alpha value is -2.15. The molecule has 1 aromatic carbocycles. The highest BCUT2D eigenvalue weighted by Gasteiger charge is 2.27. The fraction of sp³-hybridized carbons (Fsp3) is 0.200. The maximum atomic E-state index is 12.6. The zero-order valence-corrected chi connectivity index (χ0v) is 8.60. The van der Waals surface area contributed by atoms with E-state index in [2.05, 4.69) is 15.6 Å². The highest BCUT2D eigenvalue weighted by atomic mass is 19.1. The number of rotatable bonds is 2. The third-order valence-electron chi connectivity index (χ3n) is 2.06. The van der Waals surface area contributed by atoms with Gasteiger partial charge in [0.25, 0.3) is 5.91 Å². The number of nitrogens with one attached hydrogen (secondary N) is 2. The van der Waals surface area contributed by atoms with Gasteiger partial charge in [-0.05, 0) is 24.3 Å². The number of ether oxygens (including phenoxy) is 1. The molecule has 1 fully saturated rings. The summed E-state index contributed by atoms with van der Waals surface area (Å²) in [5, 5.41) is 2.30. The quantitative estimate of drug-likeness (QED) is 0.781. The Balaban J connectivity index is 1.88. The van der Waals surface area contributed by atoms with Gasteiger partial charge in [0.15, 0.2) is 0 Å². The molecule has 1 aromatic rings. The molecule has 1 aliphatic rings. The lowest BCUT2D eigenvalue weighted by Gasteiger charge is -2.08.